The molecule has 0 radical (unpaired) electrons. The lowest BCUT2D eigenvalue weighted by molar-refractivity contribution is -0.140. The van der Waals surface area contributed by atoms with Crippen LogP contribution in [0.5, 0.6) is 5.75 Å². The minimum absolute atomic E-state index is 0.293. The van der Waals surface area contributed by atoms with Gasteiger partial charge in [-0.15, -0.1) is 0 Å². The van der Waals surface area contributed by atoms with Crippen LogP contribution in [0.3, 0.4) is 0 Å². The third kappa shape index (κ3) is 10.8. The van der Waals surface area contributed by atoms with Gasteiger partial charge in [0.2, 0.25) is 0 Å². The average Bonchev–Trinajstić information content (AvgIpc) is 2.71. The van der Waals surface area contributed by atoms with Gasteiger partial charge in [-0.3, -0.25) is 0 Å². The number of allylic oxidation sites excluding steroid dienone is 2. The summed E-state index contributed by atoms with van der Waals surface area (Å²) in [6.07, 6.45) is 8.04. The topological polar surface area (TPSA) is 55.8 Å². The summed E-state index contributed by atoms with van der Waals surface area (Å²) in [7, 11) is 0. The van der Waals surface area contributed by atoms with Gasteiger partial charge in [-0.05, 0) is 37.1 Å². The second-order valence-corrected chi connectivity index (χ2v) is 5.83. The van der Waals surface area contributed by atoms with E-state index in [0.29, 0.717) is 31.1 Å². The first-order valence-corrected chi connectivity index (χ1v) is 9.12. The molecule has 0 aliphatic heterocycles. The highest BCUT2D eigenvalue weighted by atomic mass is 16.6. The Morgan fingerprint density at radius 1 is 0.964 bits per heavy atom. The molecule has 0 unspecified atom stereocenters. The molecule has 0 bridgehead atoms. The molecule has 4 heteroatoms. The molecule has 0 saturated heterocycles. The number of hydrogen-bond donors (Lipinski definition) is 1. The number of phenolic OH excluding ortho intramolecular Hbond substituents is 1. The molecule has 0 aromatic heterocycles. The van der Waals surface area contributed by atoms with Crippen LogP contribution in [-0.2, 0) is 14.3 Å². The second-order valence-electron chi connectivity index (χ2n) is 5.83. The quantitative estimate of drug-likeness (QED) is 0.294. The van der Waals surface area contributed by atoms with Gasteiger partial charge < -0.3 is 14.6 Å². The summed E-state index contributed by atoms with van der Waals surface area (Å²) < 4.78 is 9.70. The van der Waals surface area contributed by atoms with Gasteiger partial charge in [0.15, 0.2) is 0 Å². The number of ether oxygens (including phenoxy) is 2. The number of phenols is 1. The van der Waals surface area contributed by atoms with Gasteiger partial charge in [-0.2, -0.15) is 0 Å². The van der Waals surface area contributed by atoms with E-state index in [4.69, 9.17) is 14.6 Å². The fourth-order valence-corrected chi connectivity index (χ4v) is 1.94. The van der Waals surface area contributed by atoms with Crippen LogP contribution < -0.4 is 0 Å². The van der Waals surface area contributed by atoms with E-state index in [-0.39, 0.29) is 5.97 Å². The Labute approximate surface area is 167 Å². The summed E-state index contributed by atoms with van der Waals surface area (Å²) in [5.41, 5.74) is 2.67. The molecular formula is C24H28O4. The van der Waals surface area contributed by atoms with Gasteiger partial charge in [-0.1, -0.05) is 73.3 Å². The second kappa shape index (κ2) is 14.0. The maximum Gasteiger partial charge on any atom is 0.333 e. The van der Waals surface area contributed by atoms with Gasteiger partial charge in [0.05, 0.1) is 6.61 Å². The molecule has 28 heavy (non-hydrogen) atoms. The summed E-state index contributed by atoms with van der Waals surface area (Å²) >= 11 is 0. The lowest BCUT2D eigenvalue weighted by Crippen LogP contribution is -2.10. The highest BCUT2D eigenvalue weighted by molar-refractivity contribution is 5.86. The number of aromatic hydroxyl groups is 1. The van der Waals surface area contributed by atoms with Crippen molar-refractivity contribution in [1.29, 1.82) is 0 Å². The standard InChI is InChI=1S/C16H14O.C8H14O3/c17-16-12-10-15(11-13-16)9-5-4-8-14-6-2-1-3-7-14;1-4-10-5-6-11-8(9)7(2)3/h1-13,17H;2,4-6H2,1,3H3. The van der Waals surface area contributed by atoms with Crippen molar-refractivity contribution >= 4 is 18.1 Å². The van der Waals surface area contributed by atoms with E-state index in [1.165, 1.54) is 5.56 Å². The molecular weight excluding hydrogens is 352 g/mol. The maximum atomic E-state index is 10.7. The van der Waals surface area contributed by atoms with Crippen LogP contribution in [0, 0.1) is 0 Å². The Balaban J connectivity index is 0.000000311. The average molecular weight is 380 g/mol. The minimum Gasteiger partial charge on any atom is -0.508 e. The Bertz CT molecular complexity index is 759. The predicted molar refractivity (Wildman–Crippen MR) is 115 cm³/mol. The summed E-state index contributed by atoms with van der Waals surface area (Å²) in [6, 6.07) is 17.3. The molecule has 2 rings (SSSR count). The smallest absolute Gasteiger partial charge is 0.333 e. The minimum atomic E-state index is -0.357. The summed E-state index contributed by atoms with van der Waals surface area (Å²) in [4.78, 5) is 10.7. The molecule has 0 fully saturated rings. The Morgan fingerprint density at radius 3 is 2.07 bits per heavy atom. The molecule has 0 spiro atoms. The highest BCUT2D eigenvalue weighted by Gasteiger charge is 2.00. The SMILES string of the molecule is C=C(C)C(=O)OCCOCC.Oc1ccc(C=CC=Cc2ccccc2)cc1. The zero-order chi connectivity index (χ0) is 20.6. The monoisotopic (exact) mass is 380 g/mol. The van der Waals surface area contributed by atoms with Gasteiger partial charge in [-0.25, -0.2) is 4.79 Å². The van der Waals surface area contributed by atoms with Crippen molar-refractivity contribution in [2.45, 2.75) is 13.8 Å². The fraction of sp³-hybridized carbons (Fsp3) is 0.208. The van der Waals surface area contributed by atoms with E-state index >= 15 is 0 Å². The first kappa shape index (κ1) is 22.9. The number of carbonyl (C=O) groups excluding carboxylic acids is 1. The number of carbonyl (C=O) groups is 1. The van der Waals surface area contributed by atoms with E-state index in [2.05, 4.69) is 24.8 Å². The van der Waals surface area contributed by atoms with Crippen LogP contribution in [0.1, 0.15) is 25.0 Å². The van der Waals surface area contributed by atoms with Crippen molar-refractivity contribution in [3.05, 3.63) is 90.0 Å². The van der Waals surface area contributed by atoms with Crippen LogP contribution in [-0.4, -0.2) is 30.9 Å². The largest absolute Gasteiger partial charge is 0.508 e. The van der Waals surface area contributed by atoms with Crippen molar-refractivity contribution in [1.82, 2.24) is 0 Å². The molecule has 2 aromatic rings. The molecule has 0 saturated carbocycles. The third-order valence-electron chi connectivity index (χ3n) is 3.39. The van der Waals surface area contributed by atoms with Gasteiger partial charge in [0.25, 0.3) is 0 Å². The van der Waals surface area contributed by atoms with Crippen LogP contribution >= 0.6 is 0 Å². The molecule has 0 atom stereocenters. The highest BCUT2D eigenvalue weighted by Crippen LogP contribution is 2.11. The molecule has 0 aliphatic rings. The summed E-state index contributed by atoms with van der Waals surface area (Å²) in [5.74, 6) is -0.0633. The normalized spacial score (nSPS) is 10.5. The number of hydrogen-bond acceptors (Lipinski definition) is 4. The van der Waals surface area contributed by atoms with E-state index in [1.807, 2.05) is 55.5 Å². The Hall–Kier alpha value is -3.11. The van der Waals surface area contributed by atoms with Crippen molar-refractivity contribution in [2.24, 2.45) is 0 Å². The molecule has 1 N–H and O–H groups in total. The van der Waals surface area contributed by atoms with E-state index in [0.717, 1.165) is 5.56 Å². The lowest BCUT2D eigenvalue weighted by atomic mass is 10.2. The van der Waals surface area contributed by atoms with Crippen LogP contribution in [0.15, 0.2) is 78.9 Å². The van der Waals surface area contributed by atoms with E-state index in [9.17, 15) is 4.79 Å². The molecule has 148 valence electrons. The van der Waals surface area contributed by atoms with Crippen LogP contribution in [0.2, 0.25) is 0 Å². The zero-order valence-electron chi connectivity index (χ0n) is 16.5. The van der Waals surface area contributed by atoms with Gasteiger partial charge in [0, 0.05) is 12.2 Å². The Kier molecular flexibility index (Phi) is 11.5. The van der Waals surface area contributed by atoms with Crippen molar-refractivity contribution in [3.8, 4) is 5.75 Å². The fourth-order valence-electron chi connectivity index (χ4n) is 1.94. The van der Waals surface area contributed by atoms with E-state index in [1.54, 1.807) is 19.1 Å². The Morgan fingerprint density at radius 2 is 1.54 bits per heavy atom. The number of esters is 1. The van der Waals surface area contributed by atoms with Gasteiger partial charge in [0.1, 0.15) is 12.4 Å². The van der Waals surface area contributed by atoms with Crippen molar-refractivity contribution < 1.29 is 19.4 Å². The van der Waals surface area contributed by atoms with Gasteiger partial charge >= 0.3 is 5.97 Å². The van der Waals surface area contributed by atoms with Crippen molar-refractivity contribution in [3.63, 3.8) is 0 Å². The summed E-state index contributed by atoms with van der Waals surface area (Å²) in [5, 5.41) is 9.14. The summed E-state index contributed by atoms with van der Waals surface area (Å²) in [6.45, 7) is 8.34. The first-order valence-electron chi connectivity index (χ1n) is 9.12. The molecule has 0 aliphatic carbocycles. The molecule has 2 aromatic carbocycles. The van der Waals surface area contributed by atoms with E-state index < -0.39 is 0 Å². The maximum absolute atomic E-state index is 10.7. The number of benzene rings is 2. The lowest BCUT2D eigenvalue weighted by Gasteiger charge is -2.03. The zero-order valence-corrected chi connectivity index (χ0v) is 16.5. The number of rotatable bonds is 8. The predicted octanol–water partition coefficient (Wildman–Crippen LogP) is 5.26. The third-order valence-corrected chi connectivity index (χ3v) is 3.39. The molecule has 0 amide bonds. The van der Waals surface area contributed by atoms with Crippen LogP contribution in [0.25, 0.3) is 12.2 Å². The molecule has 4 nitrogen and oxygen atoms in total. The molecule has 0 heterocycles. The van der Waals surface area contributed by atoms with Crippen molar-refractivity contribution in [2.75, 3.05) is 19.8 Å². The first-order chi connectivity index (χ1) is 13.5. The van der Waals surface area contributed by atoms with Crippen LogP contribution in [0.4, 0.5) is 0 Å².